The Kier molecular flexibility index (Phi) is 5.11. The number of nitrogens with one attached hydrogen (secondary N) is 1. The van der Waals surface area contributed by atoms with Crippen LogP contribution >= 0.6 is 11.6 Å². The first-order chi connectivity index (χ1) is 8.49. The highest BCUT2D eigenvalue weighted by molar-refractivity contribution is 6.33. The van der Waals surface area contributed by atoms with Gasteiger partial charge in [0, 0.05) is 6.54 Å². The molecule has 0 atom stereocenters. The van der Waals surface area contributed by atoms with Crippen molar-refractivity contribution in [2.75, 3.05) is 11.9 Å². The van der Waals surface area contributed by atoms with Crippen LogP contribution in [0.5, 0.6) is 0 Å². The van der Waals surface area contributed by atoms with E-state index in [9.17, 15) is 9.18 Å². The van der Waals surface area contributed by atoms with Crippen molar-refractivity contribution in [3.05, 3.63) is 29.0 Å². The molecule has 0 unspecified atom stereocenters. The van der Waals surface area contributed by atoms with Crippen LogP contribution in [0.4, 0.5) is 10.1 Å². The highest BCUT2D eigenvalue weighted by atomic mass is 35.5. The van der Waals surface area contributed by atoms with Crippen molar-refractivity contribution in [3.63, 3.8) is 0 Å². The largest absolute Gasteiger partial charge is 0.329 e. The summed E-state index contributed by atoms with van der Waals surface area (Å²) in [5, 5.41) is 2.90. The first kappa shape index (κ1) is 14.9. The molecule has 0 aromatic heterocycles. The molecule has 5 heteroatoms. The van der Waals surface area contributed by atoms with Crippen molar-refractivity contribution in [3.8, 4) is 0 Å². The number of anilines is 1. The van der Waals surface area contributed by atoms with Gasteiger partial charge in [-0.3, -0.25) is 4.79 Å². The fourth-order valence-corrected chi connectivity index (χ4v) is 2.01. The van der Waals surface area contributed by atoms with Gasteiger partial charge in [-0.25, -0.2) is 4.39 Å². The van der Waals surface area contributed by atoms with Gasteiger partial charge in [0.2, 0.25) is 5.91 Å². The summed E-state index contributed by atoms with van der Waals surface area (Å²) in [6.45, 7) is 4.11. The topological polar surface area (TPSA) is 55.1 Å². The third-order valence-electron chi connectivity index (χ3n) is 3.41. The SMILES string of the molecule is CCC(CC)(CN)C(=O)Nc1ccc(F)cc1Cl. The summed E-state index contributed by atoms with van der Waals surface area (Å²) in [6, 6.07) is 3.87. The quantitative estimate of drug-likeness (QED) is 0.865. The van der Waals surface area contributed by atoms with Crippen molar-refractivity contribution in [2.24, 2.45) is 11.1 Å². The molecule has 0 aliphatic heterocycles. The molecular weight excluding hydrogens is 255 g/mol. The fourth-order valence-electron chi connectivity index (χ4n) is 1.80. The first-order valence-corrected chi connectivity index (χ1v) is 6.33. The standard InChI is InChI=1S/C13H18ClFN2O/c1-3-13(4-2,8-16)12(18)17-11-6-5-9(15)7-10(11)14/h5-7H,3-4,8,16H2,1-2H3,(H,17,18). The summed E-state index contributed by atoms with van der Waals surface area (Å²) >= 11 is 5.87. The Morgan fingerprint density at radius 1 is 1.44 bits per heavy atom. The minimum atomic E-state index is -0.599. The molecule has 0 fully saturated rings. The van der Waals surface area contributed by atoms with E-state index in [1.54, 1.807) is 0 Å². The lowest BCUT2D eigenvalue weighted by Crippen LogP contribution is -2.41. The van der Waals surface area contributed by atoms with Gasteiger partial charge in [-0.05, 0) is 31.0 Å². The first-order valence-electron chi connectivity index (χ1n) is 5.95. The van der Waals surface area contributed by atoms with Gasteiger partial charge in [-0.15, -0.1) is 0 Å². The Bertz CT molecular complexity index is 425. The van der Waals surface area contributed by atoms with Crippen LogP contribution in [0.15, 0.2) is 18.2 Å². The van der Waals surface area contributed by atoms with Gasteiger partial charge in [0.05, 0.1) is 16.1 Å². The van der Waals surface area contributed by atoms with Gasteiger partial charge in [0.25, 0.3) is 0 Å². The second-order valence-electron chi connectivity index (χ2n) is 4.27. The van der Waals surface area contributed by atoms with E-state index >= 15 is 0 Å². The number of benzene rings is 1. The van der Waals surface area contributed by atoms with Crippen molar-refractivity contribution in [1.29, 1.82) is 0 Å². The summed E-state index contributed by atoms with van der Waals surface area (Å²) in [5.74, 6) is -0.613. The van der Waals surface area contributed by atoms with Crippen LogP contribution in [0.3, 0.4) is 0 Å². The maximum atomic E-state index is 12.9. The van der Waals surface area contributed by atoms with E-state index in [1.165, 1.54) is 18.2 Å². The van der Waals surface area contributed by atoms with Crippen molar-refractivity contribution in [1.82, 2.24) is 0 Å². The Morgan fingerprint density at radius 2 is 2.06 bits per heavy atom. The molecule has 0 saturated carbocycles. The molecule has 18 heavy (non-hydrogen) atoms. The van der Waals surface area contributed by atoms with Gasteiger partial charge in [0.1, 0.15) is 5.82 Å². The van der Waals surface area contributed by atoms with Crippen LogP contribution in [0.25, 0.3) is 0 Å². The van der Waals surface area contributed by atoms with E-state index < -0.39 is 11.2 Å². The lowest BCUT2D eigenvalue weighted by Gasteiger charge is -2.28. The molecule has 0 saturated heterocycles. The molecule has 0 bridgehead atoms. The van der Waals surface area contributed by atoms with Crippen LogP contribution < -0.4 is 11.1 Å². The average molecular weight is 273 g/mol. The van der Waals surface area contributed by atoms with E-state index in [0.29, 0.717) is 18.5 Å². The Morgan fingerprint density at radius 3 is 2.50 bits per heavy atom. The monoisotopic (exact) mass is 272 g/mol. The molecule has 0 heterocycles. The number of hydrogen-bond acceptors (Lipinski definition) is 2. The van der Waals surface area contributed by atoms with E-state index in [1.807, 2.05) is 13.8 Å². The van der Waals surface area contributed by atoms with Gasteiger partial charge in [-0.1, -0.05) is 25.4 Å². The molecule has 0 aliphatic carbocycles. The molecule has 0 radical (unpaired) electrons. The summed E-state index contributed by atoms with van der Waals surface area (Å²) in [5.41, 5.74) is 5.50. The number of hydrogen-bond donors (Lipinski definition) is 2. The van der Waals surface area contributed by atoms with E-state index in [4.69, 9.17) is 17.3 Å². The van der Waals surface area contributed by atoms with Crippen LogP contribution in [-0.4, -0.2) is 12.5 Å². The molecule has 1 rings (SSSR count). The summed E-state index contributed by atoms with van der Waals surface area (Å²) in [7, 11) is 0. The summed E-state index contributed by atoms with van der Waals surface area (Å²) in [4.78, 5) is 12.2. The predicted molar refractivity (Wildman–Crippen MR) is 72.1 cm³/mol. The minimum Gasteiger partial charge on any atom is -0.329 e. The number of carbonyl (C=O) groups excluding carboxylic acids is 1. The van der Waals surface area contributed by atoms with Crippen LogP contribution in [0, 0.1) is 11.2 Å². The smallest absolute Gasteiger partial charge is 0.231 e. The second-order valence-corrected chi connectivity index (χ2v) is 4.68. The minimum absolute atomic E-state index is 0.177. The zero-order chi connectivity index (χ0) is 13.8. The fraction of sp³-hybridized carbons (Fsp3) is 0.462. The second kappa shape index (κ2) is 6.16. The van der Waals surface area contributed by atoms with Gasteiger partial charge >= 0.3 is 0 Å². The molecule has 1 aromatic carbocycles. The molecule has 0 aliphatic rings. The molecule has 1 aromatic rings. The Labute approximate surface area is 112 Å². The van der Waals surface area contributed by atoms with Gasteiger partial charge in [0.15, 0.2) is 0 Å². The lowest BCUT2D eigenvalue weighted by molar-refractivity contribution is -0.125. The van der Waals surface area contributed by atoms with Crippen molar-refractivity contribution >= 4 is 23.2 Å². The predicted octanol–water partition coefficient (Wildman–Crippen LogP) is 3.18. The lowest BCUT2D eigenvalue weighted by atomic mass is 9.81. The van der Waals surface area contributed by atoms with Gasteiger partial charge in [-0.2, -0.15) is 0 Å². The highest BCUT2D eigenvalue weighted by Gasteiger charge is 2.33. The van der Waals surface area contributed by atoms with Crippen molar-refractivity contribution < 1.29 is 9.18 Å². The number of rotatable bonds is 5. The van der Waals surface area contributed by atoms with Gasteiger partial charge < -0.3 is 11.1 Å². The number of carbonyl (C=O) groups is 1. The Hall–Kier alpha value is -1.13. The molecule has 3 N–H and O–H groups in total. The number of nitrogens with two attached hydrogens (primary N) is 1. The third kappa shape index (κ3) is 3.00. The molecule has 100 valence electrons. The maximum absolute atomic E-state index is 12.9. The summed E-state index contributed by atoms with van der Waals surface area (Å²) < 4.78 is 12.9. The average Bonchev–Trinajstić information content (AvgIpc) is 2.36. The molecule has 3 nitrogen and oxygen atoms in total. The molecular formula is C13H18ClFN2O. The van der Waals surface area contributed by atoms with E-state index in [-0.39, 0.29) is 17.5 Å². The number of halogens is 2. The maximum Gasteiger partial charge on any atom is 0.231 e. The zero-order valence-electron chi connectivity index (χ0n) is 10.6. The molecule has 0 spiro atoms. The normalized spacial score (nSPS) is 11.4. The van der Waals surface area contributed by atoms with E-state index in [0.717, 1.165) is 0 Å². The van der Waals surface area contributed by atoms with Crippen LogP contribution in [0.2, 0.25) is 5.02 Å². The van der Waals surface area contributed by atoms with E-state index in [2.05, 4.69) is 5.32 Å². The van der Waals surface area contributed by atoms with Crippen LogP contribution in [-0.2, 0) is 4.79 Å². The highest BCUT2D eigenvalue weighted by Crippen LogP contribution is 2.29. The third-order valence-corrected chi connectivity index (χ3v) is 3.72. The van der Waals surface area contributed by atoms with Crippen molar-refractivity contribution in [2.45, 2.75) is 26.7 Å². The Balaban J connectivity index is 2.93. The summed E-state index contributed by atoms with van der Waals surface area (Å²) in [6.07, 6.45) is 1.29. The van der Waals surface area contributed by atoms with Crippen LogP contribution in [0.1, 0.15) is 26.7 Å². The molecule has 1 amide bonds. The zero-order valence-corrected chi connectivity index (χ0v) is 11.4. The number of amides is 1.